The van der Waals surface area contributed by atoms with Crippen LogP contribution < -0.4 is 4.74 Å². The predicted molar refractivity (Wildman–Crippen MR) is 59.1 cm³/mol. The molecule has 0 N–H and O–H groups in total. The number of oxime groups is 1. The summed E-state index contributed by atoms with van der Waals surface area (Å²) in [6, 6.07) is 5.84. The first-order valence-corrected chi connectivity index (χ1v) is 5.54. The zero-order valence-electron chi connectivity index (χ0n) is 9.48. The largest absolute Gasteiger partial charge is 0.573 e. The van der Waals surface area contributed by atoms with Gasteiger partial charge >= 0.3 is 6.36 Å². The van der Waals surface area contributed by atoms with Gasteiger partial charge < -0.3 is 9.57 Å². The Kier molecular flexibility index (Phi) is 3.74. The van der Waals surface area contributed by atoms with Gasteiger partial charge in [-0.2, -0.15) is 0 Å². The summed E-state index contributed by atoms with van der Waals surface area (Å²) in [7, 11) is 0. The Balaban J connectivity index is 1.93. The van der Waals surface area contributed by atoms with Gasteiger partial charge in [-0.1, -0.05) is 23.4 Å². The van der Waals surface area contributed by atoms with E-state index in [-0.39, 0.29) is 12.4 Å². The molecule has 2 rings (SSSR count). The molecule has 1 saturated carbocycles. The molecular formula is C12H12F3NO2. The molecule has 1 fully saturated rings. The Morgan fingerprint density at radius 2 is 2.00 bits per heavy atom. The molecule has 0 heterocycles. The highest BCUT2D eigenvalue weighted by Crippen LogP contribution is 2.27. The van der Waals surface area contributed by atoms with Gasteiger partial charge in [0.1, 0.15) is 12.4 Å². The molecule has 0 radical (unpaired) electrons. The smallest absolute Gasteiger partial charge is 0.405 e. The lowest BCUT2D eigenvalue weighted by atomic mass is 10.2. The van der Waals surface area contributed by atoms with Gasteiger partial charge in [-0.3, -0.25) is 0 Å². The van der Waals surface area contributed by atoms with Gasteiger partial charge in [0.25, 0.3) is 0 Å². The van der Waals surface area contributed by atoms with Crippen molar-refractivity contribution in [2.45, 2.75) is 25.8 Å². The highest BCUT2D eigenvalue weighted by atomic mass is 19.4. The Morgan fingerprint density at radius 1 is 1.28 bits per heavy atom. The molecule has 1 aromatic rings. The first-order valence-electron chi connectivity index (χ1n) is 5.54. The van der Waals surface area contributed by atoms with Gasteiger partial charge in [-0.05, 0) is 24.8 Å². The van der Waals surface area contributed by atoms with E-state index in [1.807, 2.05) is 0 Å². The van der Waals surface area contributed by atoms with E-state index < -0.39 is 6.36 Å². The maximum atomic E-state index is 12.1. The van der Waals surface area contributed by atoms with E-state index >= 15 is 0 Å². The number of benzene rings is 1. The molecule has 0 aromatic heterocycles. The van der Waals surface area contributed by atoms with E-state index in [0.717, 1.165) is 12.8 Å². The van der Waals surface area contributed by atoms with Crippen LogP contribution in [0.1, 0.15) is 18.4 Å². The number of hydrogen-bond acceptors (Lipinski definition) is 3. The number of hydrogen-bond donors (Lipinski definition) is 0. The minimum Gasteiger partial charge on any atom is -0.405 e. The minimum atomic E-state index is -4.70. The maximum absolute atomic E-state index is 12.1. The second-order valence-electron chi connectivity index (χ2n) is 4.02. The van der Waals surface area contributed by atoms with E-state index in [1.54, 1.807) is 12.3 Å². The summed E-state index contributed by atoms with van der Waals surface area (Å²) in [5.74, 6) is 0.207. The van der Waals surface area contributed by atoms with E-state index in [9.17, 15) is 13.2 Å². The van der Waals surface area contributed by atoms with Crippen LogP contribution in [-0.4, -0.2) is 12.6 Å². The van der Waals surface area contributed by atoms with Gasteiger partial charge in [0.05, 0.1) is 0 Å². The molecule has 0 amide bonds. The van der Waals surface area contributed by atoms with Crippen molar-refractivity contribution in [1.29, 1.82) is 0 Å². The zero-order valence-corrected chi connectivity index (χ0v) is 9.48. The average Bonchev–Trinajstić information content (AvgIpc) is 3.08. The molecule has 98 valence electrons. The predicted octanol–water partition coefficient (Wildman–Crippen LogP) is 3.50. The summed E-state index contributed by atoms with van der Waals surface area (Å²) < 4.78 is 40.3. The Bertz CT molecular complexity index is 428. The molecule has 0 unspecified atom stereocenters. The van der Waals surface area contributed by atoms with Gasteiger partial charge in [-0.15, -0.1) is 13.2 Å². The van der Waals surface area contributed by atoms with Crippen LogP contribution in [0.15, 0.2) is 29.4 Å². The summed E-state index contributed by atoms with van der Waals surface area (Å²) >= 11 is 0. The van der Waals surface area contributed by atoms with Gasteiger partial charge in [0, 0.05) is 11.8 Å². The molecule has 1 aliphatic rings. The summed E-state index contributed by atoms with van der Waals surface area (Å²) in [6.45, 7) is -0.0462. The molecule has 3 nitrogen and oxygen atoms in total. The quantitative estimate of drug-likeness (QED) is 0.598. The second kappa shape index (κ2) is 5.29. The summed E-state index contributed by atoms with van der Waals surface area (Å²) in [6.07, 6.45) is -0.831. The highest BCUT2D eigenvalue weighted by molar-refractivity contribution is 5.62. The lowest BCUT2D eigenvalue weighted by Gasteiger charge is -2.12. The third-order valence-electron chi connectivity index (χ3n) is 2.39. The monoisotopic (exact) mass is 259 g/mol. The molecule has 0 saturated heterocycles. The molecule has 0 atom stereocenters. The number of halogens is 3. The fourth-order valence-corrected chi connectivity index (χ4v) is 1.33. The average molecular weight is 259 g/mol. The van der Waals surface area contributed by atoms with Crippen molar-refractivity contribution in [2.24, 2.45) is 11.1 Å². The number of ether oxygens (including phenoxy) is 1. The maximum Gasteiger partial charge on any atom is 0.573 e. The van der Waals surface area contributed by atoms with Crippen LogP contribution >= 0.6 is 0 Å². The molecule has 6 heteroatoms. The first-order chi connectivity index (χ1) is 8.54. The van der Waals surface area contributed by atoms with Gasteiger partial charge in [-0.25, -0.2) is 0 Å². The summed E-state index contributed by atoms with van der Waals surface area (Å²) in [5, 5.41) is 3.70. The first kappa shape index (κ1) is 12.7. The van der Waals surface area contributed by atoms with Crippen LogP contribution in [0.2, 0.25) is 0 Å². The zero-order chi connectivity index (χ0) is 13.0. The lowest BCUT2D eigenvalue weighted by molar-refractivity contribution is -0.275. The van der Waals surface area contributed by atoms with Crippen LogP contribution in [0.5, 0.6) is 5.75 Å². The third-order valence-corrected chi connectivity index (χ3v) is 2.39. The third kappa shape index (κ3) is 4.27. The summed E-state index contributed by atoms with van der Waals surface area (Å²) in [5.41, 5.74) is 0.308. The van der Waals surface area contributed by atoms with Crippen molar-refractivity contribution in [3.05, 3.63) is 29.8 Å². The number of para-hydroxylation sites is 1. The Hall–Kier alpha value is -1.72. The Morgan fingerprint density at radius 3 is 2.67 bits per heavy atom. The molecule has 0 spiro atoms. The van der Waals surface area contributed by atoms with E-state index in [4.69, 9.17) is 4.84 Å². The molecule has 18 heavy (non-hydrogen) atoms. The van der Waals surface area contributed by atoms with Crippen LogP contribution in [0.25, 0.3) is 0 Å². The molecule has 1 aromatic carbocycles. The van der Waals surface area contributed by atoms with Crippen molar-refractivity contribution in [1.82, 2.24) is 0 Å². The van der Waals surface area contributed by atoms with Crippen molar-refractivity contribution in [2.75, 3.05) is 0 Å². The summed E-state index contributed by atoms with van der Waals surface area (Å²) in [4.78, 5) is 4.95. The number of rotatable bonds is 5. The normalized spacial score (nSPS) is 15.9. The molecule has 0 bridgehead atoms. The number of nitrogens with zero attached hydrogens (tertiary/aromatic N) is 1. The van der Waals surface area contributed by atoms with E-state index in [2.05, 4.69) is 9.89 Å². The van der Waals surface area contributed by atoms with Gasteiger partial charge in [0.2, 0.25) is 0 Å². The lowest BCUT2D eigenvalue weighted by Crippen LogP contribution is -2.18. The van der Waals surface area contributed by atoms with Crippen LogP contribution in [-0.2, 0) is 11.4 Å². The topological polar surface area (TPSA) is 30.8 Å². The van der Waals surface area contributed by atoms with Crippen molar-refractivity contribution < 1.29 is 22.7 Å². The fraction of sp³-hybridized carbons (Fsp3) is 0.417. The van der Waals surface area contributed by atoms with Crippen molar-refractivity contribution in [3.63, 3.8) is 0 Å². The molecular weight excluding hydrogens is 247 g/mol. The molecule has 1 aliphatic carbocycles. The van der Waals surface area contributed by atoms with Crippen molar-refractivity contribution in [3.8, 4) is 5.75 Å². The standard InChI is InChI=1S/C12H12F3NO2/c13-12(14,15)18-11-4-2-1-3-10(11)8-17-16-7-9-5-6-9/h1-4,7,9H,5-6,8H2. The second-order valence-corrected chi connectivity index (χ2v) is 4.02. The van der Waals surface area contributed by atoms with Crippen LogP contribution in [0.4, 0.5) is 13.2 Å². The number of alkyl halides is 3. The Labute approximate surface area is 102 Å². The van der Waals surface area contributed by atoms with Crippen molar-refractivity contribution >= 4 is 6.21 Å². The van der Waals surface area contributed by atoms with E-state index in [1.165, 1.54) is 18.2 Å². The fourth-order valence-electron chi connectivity index (χ4n) is 1.33. The molecule has 0 aliphatic heterocycles. The highest BCUT2D eigenvalue weighted by Gasteiger charge is 2.32. The SMILES string of the molecule is FC(F)(F)Oc1ccccc1CON=CC1CC1. The van der Waals surface area contributed by atoms with E-state index in [0.29, 0.717) is 11.5 Å². The van der Waals surface area contributed by atoms with Gasteiger partial charge in [0.15, 0.2) is 0 Å². The minimum absolute atomic E-state index is 0.0462. The van der Waals surface area contributed by atoms with Crippen LogP contribution in [0.3, 0.4) is 0 Å². The van der Waals surface area contributed by atoms with Crippen LogP contribution in [0, 0.1) is 5.92 Å².